The van der Waals surface area contributed by atoms with Gasteiger partial charge in [-0.25, -0.2) is 4.39 Å². The Kier molecular flexibility index (Phi) is 3.34. The first-order valence-electron chi connectivity index (χ1n) is 6.29. The zero-order valence-corrected chi connectivity index (χ0v) is 10.2. The minimum Gasteiger partial charge on any atom is -0.454 e. The molecule has 1 atom stereocenters. The van der Waals surface area contributed by atoms with Crippen LogP contribution >= 0.6 is 0 Å². The van der Waals surface area contributed by atoms with Crippen molar-refractivity contribution in [2.45, 2.75) is 6.04 Å². The smallest absolute Gasteiger partial charge is 0.231 e. The standard InChI is InChI=1S/C13H17FN2O2/c14-8-11(16-5-3-15-4-6-16)10-1-2-12-13(7-10)18-9-17-12/h1-2,7,11,15H,3-6,8-9H2/t11-/m0/s1. The average Bonchev–Trinajstić information content (AvgIpc) is 2.88. The lowest BCUT2D eigenvalue weighted by Crippen LogP contribution is -2.45. The van der Waals surface area contributed by atoms with Crippen molar-refractivity contribution < 1.29 is 13.9 Å². The SMILES string of the molecule is FC[C@@H](c1ccc2c(c1)OCO2)N1CCNCC1. The second kappa shape index (κ2) is 5.12. The zero-order chi connectivity index (χ0) is 12.4. The lowest BCUT2D eigenvalue weighted by Gasteiger charge is -2.33. The summed E-state index contributed by atoms with van der Waals surface area (Å²) in [7, 11) is 0. The van der Waals surface area contributed by atoms with Gasteiger partial charge in [0.2, 0.25) is 6.79 Å². The van der Waals surface area contributed by atoms with E-state index in [1.165, 1.54) is 0 Å². The van der Waals surface area contributed by atoms with Crippen molar-refractivity contribution in [1.82, 2.24) is 10.2 Å². The Labute approximate surface area is 106 Å². The molecule has 0 bridgehead atoms. The topological polar surface area (TPSA) is 33.7 Å². The van der Waals surface area contributed by atoms with E-state index in [2.05, 4.69) is 10.2 Å². The Balaban J connectivity index is 1.82. The van der Waals surface area contributed by atoms with Crippen LogP contribution in [-0.4, -0.2) is 44.5 Å². The average molecular weight is 252 g/mol. The van der Waals surface area contributed by atoms with E-state index >= 15 is 0 Å². The molecule has 18 heavy (non-hydrogen) atoms. The molecule has 4 nitrogen and oxygen atoms in total. The van der Waals surface area contributed by atoms with Crippen LogP contribution in [0.4, 0.5) is 4.39 Å². The van der Waals surface area contributed by atoms with Gasteiger partial charge in [-0.1, -0.05) is 6.07 Å². The van der Waals surface area contributed by atoms with Gasteiger partial charge >= 0.3 is 0 Å². The molecule has 0 aromatic heterocycles. The number of nitrogens with zero attached hydrogens (tertiary/aromatic N) is 1. The van der Waals surface area contributed by atoms with Crippen LogP contribution in [0.3, 0.4) is 0 Å². The molecular weight excluding hydrogens is 235 g/mol. The number of ether oxygens (including phenoxy) is 2. The quantitative estimate of drug-likeness (QED) is 0.880. The van der Waals surface area contributed by atoms with Crippen molar-refractivity contribution in [3.63, 3.8) is 0 Å². The van der Waals surface area contributed by atoms with Crippen LogP contribution in [0.2, 0.25) is 0 Å². The molecule has 0 spiro atoms. The number of rotatable bonds is 3. The maximum absolute atomic E-state index is 13.3. The number of fused-ring (bicyclic) bond motifs is 1. The van der Waals surface area contributed by atoms with Crippen LogP contribution < -0.4 is 14.8 Å². The fourth-order valence-electron chi connectivity index (χ4n) is 2.51. The van der Waals surface area contributed by atoms with Crippen LogP contribution in [0.1, 0.15) is 11.6 Å². The van der Waals surface area contributed by atoms with E-state index in [-0.39, 0.29) is 19.5 Å². The second-order valence-corrected chi connectivity index (χ2v) is 4.57. The second-order valence-electron chi connectivity index (χ2n) is 4.57. The molecule has 1 aromatic carbocycles. The van der Waals surface area contributed by atoms with Crippen molar-refractivity contribution in [2.24, 2.45) is 0 Å². The fourth-order valence-corrected chi connectivity index (χ4v) is 2.51. The summed E-state index contributed by atoms with van der Waals surface area (Å²) < 4.78 is 24.0. The number of hydrogen-bond donors (Lipinski definition) is 1. The van der Waals surface area contributed by atoms with Gasteiger partial charge in [0.15, 0.2) is 11.5 Å². The summed E-state index contributed by atoms with van der Waals surface area (Å²) in [5.74, 6) is 1.47. The highest BCUT2D eigenvalue weighted by molar-refractivity contribution is 5.45. The molecule has 2 heterocycles. The van der Waals surface area contributed by atoms with Gasteiger partial charge in [-0.05, 0) is 17.7 Å². The molecule has 1 aromatic rings. The molecule has 2 aliphatic rings. The van der Waals surface area contributed by atoms with E-state index in [4.69, 9.17) is 9.47 Å². The van der Waals surface area contributed by atoms with E-state index in [0.717, 1.165) is 43.2 Å². The van der Waals surface area contributed by atoms with Gasteiger partial charge in [0, 0.05) is 26.2 Å². The van der Waals surface area contributed by atoms with Crippen LogP contribution in [0.15, 0.2) is 18.2 Å². The highest BCUT2D eigenvalue weighted by Gasteiger charge is 2.24. The summed E-state index contributed by atoms with van der Waals surface area (Å²) in [5.41, 5.74) is 0.962. The molecule has 3 rings (SSSR count). The van der Waals surface area contributed by atoms with Crippen molar-refractivity contribution in [3.8, 4) is 11.5 Å². The molecule has 1 fully saturated rings. The van der Waals surface area contributed by atoms with Crippen molar-refractivity contribution in [2.75, 3.05) is 39.6 Å². The molecule has 98 valence electrons. The molecule has 0 radical (unpaired) electrons. The summed E-state index contributed by atoms with van der Waals surface area (Å²) in [6.45, 7) is 3.47. The predicted molar refractivity (Wildman–Crippen MR) is 65.7 cm³/mol. The molecule has 2 aliphatic heterocycles. The van der Waals surface area contributed by atoms with Crippen molar-refractivity contribution in [1.29, 1.82) is 0 Å². The van der Waals surface area contributed by atoms with Gasteiger partial charge in [-0.2, -0.15) is 0 Å². The Hall–Kier alpha value is -1.33. The fraction of sp³-hybridized carbons (Fsp3) is 0.538. The third kappa shape index (κ3) is 2.15. The van der Waals surface area contributed by atoms with Crippen molar-refractivity contribution >= 4 is 0 Å². The first kappa shape index (κ1) is 11.7. The molecule has 1 N–H and O–H groups in total. The lowest BCUT2D eigenvalue weighted by molar-refractivity contribution is 0.147. The lowest BCUT2D eigenvalue weighted by atomic mass is 10.0. The molecule has 0 saturated carbocycles. The highest BCUT2D eigenvalue weighted by atomic mass is 19.1. The van der Waals surface area contributed by atoms with E-state index in [1.54, 1.807) is 0 Å². The van der Waals surface area contributed by atoms with Crippen LogP contribution in [0.25, 0.3) is 0 Å². The maximum atomic E-state index is 13.3. The summed E-state index contributed by atoms with van der Waals surface area (Å²) in [4.78, 5) is 2.17. The van der Waals surface area contributed by atoms with Crippen LogP contribution in [0.5, 0.6) is 11.5 Å². The van der Waals surface area contributed by atoms with E-state index in [0.29, 0.717) is 0 Å². The number of benzene rings is 1. The minimum atomic E-state index is -0.375. The molecular formula is C13H17FN2O2. The maximum Gasteiger partial charge on any atom is 0.231 e. The third-order valence-electron chi connectivity index (χ3n) is 3.52. The van der Waals surface area contributed by atoms with Gasteiger partial charge in [0.25, 0.3) is 0 Å². The van der Waals surface area contributed by atoms with Gasteiger partial charge in [0.1, 0.15) is 6.67 Å². The monoisotopic (exact) mass is 252 g/mol. The molecule has 0 unspecified atom stereocenters. The third-order valence-corrected chi connectivity index (χ3v) is 3.52. The first-order valence-corrected chi connectivity index (χ1v) is 6.29. The number of alkyl halides is 1. The molecule has 0 amide bonds. The predicted octanol–water partition coefficient (Wildman–Crippen LogP) is 1.33. The van der Waals surface area contributed by atoms with Gasteiger partial charge < -0.3 is 14.8 Å². The van der Waals surface area contributed by atoms with Gasteiger partial charge in [0.05, 0.1) is 6.04 Å². The van der Waals surface area contributed by atoms with E-state index in [9.17, 15) is 4.39 Å². The number of piperazine rings is 1. The number of nitrogens with one attached hydrogen (secondary N) is 1. The van der Waals surface area contributed by atoms with Crippen LogP contribution in [-0.2, 0) is 0 Å². The minimum absolute atomic E-state index is 0.179. The Morgan fingerprint density at radius 2 is 2.00 bits per heavy atom. The molecule has 1 saturated heterocycles. The zero-order valence-electron chi connectivity index (χ0n) is 10.2. The first-order chi connectivity index (χ1) is 8.88. The molecule has 5 heteroatoms. The Bertz CT molecular complexity index is 421. The van der Waals surface area contributed by atoms with E-state index < -0.39 is 0 Å². The Morgan fingerprint density at radius 3 is 2.78 bits per heavy atom. The van der Waals surface area contributed by atoms with E-state index in [1.807, 2.05) is 18.2 Å². The van der Waals surface area contributed by atoms with Gasteiger partial charge in [-0.3, -0.25) is 4.90 Å². The Morgan fingerprint density at radius 1 is 1.22 bits per heavy atom. The number of halogens is 1. The van der Waals surface area contributed by atoms with Crippen LogP contribution in [0, 0.1) is 0 Å². The molecule has 0 aliphatic carbocycles. The van der Waals surface area contributed by atoms with Crippen molar-refractivity contribution in [3.05, 3.63) is 23.8 Å². The normalized spacial score (nSPS) is 20.9. The summed E-state index contributed by atoms with van der Waals surface area (Å²) >= 11 is 0. The largest absolute Gasteiger partial charge is 0.454 e. The summed E-state index contributed by atoms with van der Waals surface area (Å²) in [5, 5.41) is 3.28. The van der Waals surface area contributed by atoms with Gasteiger partial charge in [-0.15, -0.1) is 0 Å². The summed E-state index contributed by atoms with van der Waals surface area (Å²) in [6, 6.07) is 5.51. The highest BCUT2D eigenvalue weighted by Crippen LogP contribution is 2.35. The summed E-state index contributed by atoms with van der Waals surface area (Å²) in [6.07, 6.45) is 0. The number of hydrogen-bond acceptors (Lipinski definition) is 4.